The lowest BCUT2D eigenvalue weighted by atomic mass is 10.2. The average molecular weight is 534 g/mol. The zero-order chi connectivity index (χ0) is 21.8. The van der Waals surface area contributed by atoms with Gasteiger partial charge in [-0.25, -0.2) is 4.99 Å². The number of rotatable bonds is 5. The number of thioether (sulfide) groups is 1. The summed E-state index contributed by atoms with van der Waals surface area (Å²) in [5.74, 6) is 0.379. The second-order valence-electron chi connectivity index (χ2n) is 6.56. The van der Waals surface area contributed by atoms with Crippen LogP contribution in [0.25, 0.3) is 6.08 Å². The number of hydrogen-bond donors (Lipinski definition) is 1. The van der Waals surface area contributed by atoms with Gasteiger partial charge in [-0.15, -0.1) is 0 Å². The van der Waals surface area contributed by atoms with Gasteiger partial charge in [-0.3, -0.25) is 4.79 Å². The quantitative estimate of drug-likeness (QED) is 0.352. The molecule has 1 fully saturated rings. The smallest absolute Gasteiger partial charge is 0.264 e. The van der Waals surface area contributed by atoms with E-state index in [0.717, 1.165) is 15.6 Å². The molecule has 1 aliphatic heterocycles. The highest BCUT2D eigenvalue weighted by atomic mass is 79.9. The molecule has 0 radical (unpaired) electrons. The maximum absolute atomic E-state index is 12.3. The van der Waals surface area contributed by atoms with Crippen LogP contribution in [0.2, 0.25) is 10.0 Å². The molecule has 0 atom stereocenters. The molecule has 1 saturated heterocycles. The van der Waals surface area contributed by atoms with Crippen LogP contribution >= 0.6 is 50.9 Å². The molecule has 156 valence electrons. The molecule has 1 amide bonds. The molecule has 1 heterocycles. The number of carbonyl (C=O) groups excluding carboxylic acids is 1. The predicted octanol–water partition coefficient (Wildman–Crippen LogP) is 7.23. The lowest BCUT2D eigenvalue weighted by Gasteiger charge is -2.09. The number of amidine groups is 1. The minimum atomic E-state index is -0.204. The number of hydrogen-bond acceptors (Lipinski definition) is 4. The summed E-state index contributed by atoms with van der Waals surface area (Å²) in [7, 11) is 0. The SMILES string of the molecule is O=C1NC(=Nc2ccc(Cl)cc2)S/C1=C\c1ccc(OCc2ccc(Br)cc2)c(Cl)c1. The van der Waals surface area contributed by atoms with Crippen LogP contribution in [-0.4, -0.2) is 11.1 Å². The molecule has 0 aliphatic carbocycles. The number of nitrogens with one attached hydrogen (secondary N) is 1. The second kappa shape index (κ2) is 9.92. The fraction of sp³-hybridized carbons (Fsp3) is 0.0435. The molecule has 0 unspecified atom stereocenters. The molecule has 1 aliphatic rings. The van der Waals surface area contributed by atoms with E-state index in [4.69, 9.17) is 27.9 Å². The first-order chi connectivity index (χ1) is 15.0. The van der Waals surface area contributed by atoms with Crippen LogP contribution in [0.1, 0.15) is 11.1 Å². The van der Waals surface area contributed by atoms with Crippen molar-refractivity contribution in [3.05, 3.63) is 97.3 Å². The Morgan fingerprint density at radius 1 is 1.03 bits per heavy atom. The lowest BCUT2D eigenvalue weighted by Crippen LogP contribution is -2.19. The van der Waals surface area contributed by atoms with Crippen molar-refractivity contribution in [2.45, 2.75) is 6.61 Å². The Morgan fingerprint density at radius 3 is 2.48 bits per heavy atom. The van der Waals surface area contributed by atoms with E-state index in [1.165, 1.54) is 11.8 Å². The highest BCUT2D eigenvalue weighted by molar-refractivity contribution is 9.10. The van der Waals surface area contributed by atoms with Gasteiger partial charge in [-0.05, 0) is 77.5 Å². The van der Waals surface area contributed by atoms with E-state index >= 15 is 0 Å². The van der Waals surface area contributed by atoms with Crippen LogP contribution in [0.15, 0.2) is 81.1 Å². The highest BCUT2D eigenvalue weighted by Crippen LogP contribution is 2.31. The first kappa shape index (κ1) is 22.0. The number of ether oxygens (including phenoxy) is 1. The molecule has 1 N–H and O–H groups in total. The summed E-state index contributed by atoms with van der Waals surface area (Å²) in [5.41, 5.74) is 2.55. The normalized spacial score (nSPS) is 16.0. The molecule has 0 bridgehead atoms. The third kappa shape index (κ3) is 5.92. The van der Waals surface area contributed by atoms with Crippen molar-refractivity contribution >= 4 is 73.7 Å². The van der Waals surface area contributed by atoms with E-state index in [9.17, 15) is 4.79 Å². The Morgan fingerprint density at radius 2 is 1.77 bits per heavy atom. The third-order valence-corrected chi connectivity index (χ3v) is 6.26. The van der Waals surface area contributed by atoms with E-state index in [1.807, 2.05) is 30.3 Å². The first-order valence-electron chi connectivity index (χ1n) is 9.18. The second-order valence-corrected chi connectivity index (χ2v) is 9.35. The molecule has 0 spiro atoms. The van der Waals surface area contributed by atoms with Gasteiger partial charge in [0.2, 0.25) is 0 Å². The van der Waals surface area contributed by atoms with Gasteiger partial charge in [0.15, 0.2) is 5.17 Å². The maximum Gasteiger partial charge on any atom is 0.264 e. The van der Waals surface area contributed by atoms with Crippen molar-refractivity contribution in [2.75, 3.05) is 0 Å². The largest absolute Gasteiger partial charge is 0.487 e. The summed E-state index contributed by atoms with van der Waals surface area (Å²) in [6.07, 6.45) is 1.77. The zero-order valence-electron chi connectivity index (χ0n) is 15.9. The van der Waals surface area contributed by atoms with Crippen LogP contribution in [0, 0.1) is 0 Å². The van der Waals surface area contributed by atoms with Crippen LogP contribution < -0.4 is 10.1 Å². The van der Waals surface area contributed by atoms with Crippen molar-refractivity contribution in [1.29, 1.82) is 0 Å². The first-order valence-corrected chi connectivity index (χ1v) is 11.5. The number of nitrogens with zero attached hydrogens (tertiary/aromatic N) is 1. The molecule has 31 heavy (non-hydrogen) atoms. The minimum absolute atomic E-state index is 0.204. The van der Waals surface area contributed by atoms with Crippen molar-refractivity contribution in [2.24, 2.45) is 4.99 Å². The summed E-state index contributed by atoms with van der Waals surface area (Å²) in [5, 5.41) is 4.39. The number of aliphatic imine (C=N–C) groups is 1. The molecule has 3 aromatic carbocycles. The van der Waals surface area contributed by atoms with Gasteiger partial charge in [0.1, 0.15) is 12.4 Å². The van der Waals surface area contributed by atoms with E-state index < -0.39 is 0 Å². The van der Waals surface area contributed by atoms with Gasteiger partial charge < -0.3 is 10.1 Å². The molecular weight excluding hydrogens is 519 g/mol. The van der Waals surface area contributed by atoms with Crippen molar-refractivity contribution in [3.8, 4) is 5.75 Å². The van der Waals surface area contributed by atoms with Crippen LogP contribution in [0.3, 0.4) is 0 Å². The molecule has 4 nitrogen and oxygen atoms in total. The molecule has 0 aromatic heterocycles. The number of amides is 1. The Bertz CT molecular complexity index is 1180. The maximum atomic E-state index is 12.3. The van der Waals surface area contributed by atoms with Gasteiger partial charge >= 0.3 is 0 Å². The van der Waals surface area contributed by atoms with Crippen molar-refractivity contribution < 1.29 is 9.53 Å². The lowest BCUT2D eigenvalue weighted by molar-refractivity contribution is -0.115. The highest BCUT2D eigenvalue weighted by Gasteiger charge is 2.23. The van der Waals surface area contributed by atoms with Gasteiger partial charge in [0.25, 0.3) is 5.91 Å². The Hall–Kier alpha value is -2.25. The van der Waals surface area contributed by atoms with Crippen molar-refractivity contribution in [3.63, 3.8) is 0 Å². The van der Waals surface area contributed by atoms with Crippen LogP contribution in [-0.2, 0) is 11.4 Å². The van der Waals surface area contributed by atoms with E-state index in [1.54, 1.807) is 42.5 Å². The molecule has 8 heteroatoms. The third-order valence-electron chi connectivity index (χ3n) is 4.27. The summed E-state index contributed by atoms with van der Waals surface area (Å²) >= 11 is 17.0. The number of halogens is 3. The monoisotopic (exact) mass is 532 g/mol. The average Bonchev–Trinajstić information content (AvgIpc) is 3.09. The number of carbonyl (C=O) groups is 1. The summed E-state index contributed by atoms with van der Waals surface area (Å²) in [6.45, 7) is 0.413. The van der Waals surface area contributed by atoms with Gasteiger partial charge in [0, 0.05) is 9.50 Å². The fourth-order valence-electron chi connectivity index (χ4n) is 2.73. The fourth-order valence-corrected chi connectivity index (χ4v) is 4.21. The Kier molecular flexibility index (Phi) is 7.02. The zero-order valence-corrected chi connectivity index (χ0v) is 19.9. The van der Waals surface area contributed by atoms with Crippen LogP contribution in [0.5, 0.6) is 5.75 Å². The predicted molar refractivity (Wildman–Crippen MR) is 132 cm³/mol. The summed E-state index contributed by atoms with van der Waals surface area (Å²) < 4.78 is 6.84. The Labute approximate surface area is 202 Å². The van der Waals surface area contributed by atoms with E-state index in [-0.39, 0.29) is 5.91 Å². The summed E-state index contributed by atoms with van der Waals surface area (Å²) in [4.78, 5) is 17.3. The minimum Gasteiger partial charge on any atom is -0.487 e. The van der Waals surface area contributed by atoms with E-state index in [0.29, 0.717) is 38.2 Å². The standard InChI is InChI=1S/C23H15BrCl2N2O2S/c24-16-4-1-14(2-5-16)13-30-20-10-3-15(11-19(20)26)12-21-22(29)28-23(31-21)27-18-8-6-17(25)7-9-18/h1-12H,13H2,(H,27,28,29)/b21-12-. The van der Waals surface area contributed by atoms with Gasteiger partial charge in [-0.2, -0.15) is 0 Å². The van der Waals surface area contributed by atoms with Crippen molar-refractivity contribution in [1.82, 2.24) is 5.32 Å². The molecule has 3 aromatic rings. The Balaban J connectivity index is 1.44. The molecular formula is C23H15BrCl2N2O2S. The van der Waals surface area contributed by atoms with E-state index in [2.05, 4.69) is 26.2 Å². The van der Waals surface area contributed by atoms with Gasteiger partial charge in [0.05, 0.1) is 15.6 Å². The van der Waals surface area contributed by atoms with Crippen LogP contribution in [0.4, 0.5) is 5.69 Å². The number of benzene rings is 3. The summed E-state index contributed by atoms with van der Waals surface area (Å²) in [6, 6.07) is 20.4. The van der Waals surface area contributed by atoms with Gasteiger partial charge in [-0.1, -0.05) is 57.3 Å². The molecule has 4 rings (SSSR count). The topological polar surface area (TPSA) is 50.7 Å². The molecule has 0 saturated carbocycles.